The number of piperazine rings is 1. The summed E-state index contributed by atoms with van der Waals surface area (Å²) in [5, 5.41) is 11.4. The highest BCUT2D eigenvalue weighted by molar-refractivity contribution is 5.95. The van der Waals surface area contributed by atoms with Crippen LogP contribution in [0, 0.1) is 10.1 Å². The maximum atomic E-state index is 12.2. The van der Waals surface area contributed by atoms with Gasteiger partial charge in [-0.05, 0) is 39.9 Å². The quantitative estimate of drug-likeness (QED) is 0.482. The molecule has 1 aromatic rings. The van der Waals surface area contributed by atoms with E-state index in [1.165, 1.54) is 17.0 Å². The molecule has 0 amide bonds. The number of hydrogen-bond donors (Lipinski definition) is 0. The summed E-state index contributed by atoms with van der Waals surface area (Å²) < 4.78 is 27.5. The fraction of sp³-hybridized carbons (Fsp3) is 0.562. The molecule has 0 aromatic heterocycles. The standard InChI is InChI=1S/C16H23N3O4/c1-16(2,3)23-15(20)13-6-5-12(11-14(13)19(21)22)18-9-7-17(4)8-10-18/h5-6,11H,7-10H2,1-4H3/i4D3. The van der Waals surface area contributed by atoms with Crippen LogP contribution in [0.3, 0.4) is 0 Å². The molecule has 0 unspecified atom stereocenters. The molecule has 0 spiro atoms. The molecule has 7 heteroatoms. The third kappa shape index (κ3) is 4.41. The van der Waals surface area contributed by atoms with Crippen LogP contribution in [-0.4, -0.2) is 54.5 Å². The van der Waals surface area contributed by atoms with E-state index in [4.69, 9.17) is 8.85 Å². The number of carbonyl (C=O) groups excluding carboxylic acids is 1. The lowest BCUT2D eigenvalue weighted by Gasteiger charge is -2.34. The van der Waals surface area contributed by atoms with Crippen LogP contribution >= 0.6 is 0 Å². The second-order valence-electron chi connectivity index (χ2n) is 6.43. The van der Waals surface area contributed by atoms with Gasteiger partial charge in [-0.2, -0.15) is 0 Å². The van der Waals surface area contributed by atoms with Gasteiger partial charge in [-0.15, -0.1) is 0 Å². The van der Waals surface area contributed by atoms with Gasteiger partial charge in [0.15, 0.2) is 0 Å². The number of benzene rings is 1. The van der Waals surface area contributed by atoms with E-state index in [-0.39, 0.29) is 11.3 Å². The highest BCUT2D eigenvalue weighted by Gasteiger charge is 2.27. The van der Waals surface area contributed by atoms with Gasteiger partial charge in [-0.25, -0.2) is 4.79 Å². The zero-order chi connectivity index (χ0) is 19.7. The van der Waals surface area contributed by atoms with Gasteiger partial charge >= 0.3 is 5.97 Å². The Balaban J connectivity index is 2.21. The number of anilines is 1. The van der Waals surface area contributed by atoms with Crippen molar-refractivity contribution in [1.82, 2.24) is 4.90 Å². The predicted octanol–water partition coefficient (Wildman–Crippen LogP) is 2.30. The molecule has 2 rings (SSSR count). The average molecular weight is 324 g/mol. The Bertz CT molecular complexity index is 693. The van der Waals surface area contributed by atoms with Crippen LogP contribution in [0.15, 0.2) is 18.2 Å². The van der Waals surface area contributed by atoms with Gasteiger partial charge < -0.3 is 14.5 Å². The molecule has 0 aliphatic carbocycles. The molecule has 23 heavy (non-hydrogen) atoms. The fourth-order valence-corrected chi connectivity index (χ4v) is 2.34. The van der Waals surface area contributed by atoms with Crippen LogP contribution < -0.4 is 4.90 Å². The van der Waals surface area contributed by atoms with Crippen molar-refractivity contribution < 1.29 is 18.6 Å². The van der Waals surface area contributed by atoms with Crippen molar-refractivity contribution in [3.63, 3.8) is 0 Å². The summed E-state index contributed by atoms with van der Waals surface area (Å²) >= 11 is 0. The summed E-state index contributed by atoms with van der Waals surface area (Å²) in [6.07, 6.45) is 0. The number of ether oxygens (including phenoxy) is 1. The Labute approximate surface area is 140 Å². The number of nitrogens with zero attached hydrogens (tertiary/aromatic N) is 3. The van der Waals surface area contributed by atoms with Gasteiger partial charge in [0, 0.05) is 42.0 Å². The van der Waals surface area contributed by atoms with Crippen molar-refractivity contribution in [1.29, 1.82) is 0 Å². The summed E-state index contributed by atoms with van der Waals surface area (Å²) in [5.41, 5.74) is -0.603. The molecule has 0 bridgehead atoms. The number of nitro groups is 1. The topological polar surface area (TPSA) is 75.9 Å². The normalized spacial score (nSPS) is 18.7. The average Bonchev–Trinajstić information content (AvgIpc) is 2.52. The predicted molar refractivity (Wildman–Crippen MR) is 88.0 cm³/mol. The molecule has 1 saturated heterocycles. The minimum atomic E-state index is -2.14. The SMILES string of the molecule is [2H]C([2H])([2H])N1CCN(c2ccc(C(=O)OC(C)(C)C)c([N+](=O)[O-])c2)CC1. The maximum Gasteiger partial charge on any atom is 0.345 e. The van der Waals surface area contributed by atoms with Gasteiger partial charge in [0.2, 0.25) is 0 Å². The highest BCUT2D eigenvalue weighted by Crippen LogP contribution is 2.28. The molecule has 1 heterocycles. The van der Waals surface area contributed by atoms with E-state index in [0.717, 1.165) is 0 Å². The van der Waals surface area contributed by atoms with Crippen molar-refractivity contribution in [2.75, 3.05) is 38.1 Å². The molecule has 1 aromatic carbocycles. The zero-order valence-electron chi connectivity index (χ0n) is 16.5. The highest BCUT2D eigenvalue weighted by atomic mass is 16.6. The number of carbonyl (C=O) groups is 1. The zero-order valence-corrected chi connectivity index (χ0v) is 13.5. The first kappa shape index (κ1) is 13.3. The lowest BCUT2D eigenvalue weighted by Crippen LogP contribution is -2.44. The van der Waals surface area contributed by atoms with Gasteiger partial charge in [-0.1, -0.05) is 0 Å². The van der Waals surface area contributed by atoms with Crippen molar-refractivity contribution in [3.05, 3.63) is 33.9 Å². The lowest BCUT2D eigenvalue weighted by molar-refractivity contribution is -0.385. The van der Waals surface area contributed by atoms with E-state index in [2.05, 4.69) is 0 Å². The van der Waals surface area contributed by atoms with Crippen molar-refractivity contribution in [2.24, 2.45) is 0 Å². The fourth-order valence-electron chi connectivity index (χ4n) is 2.34. The van der Waals surface area contributed by atoms with Crippen LogP contribution in [0.4, 0.5) is 11.4 Å². The Morgan fingerprint density at radius 1 is 1.30 bits per heavy atom. The summed E-state index contributed by atoms with van der Waals surface area (Å²) in [7, 11) is 0. The van der Waals surface area contributed by atoms with E-state index in [9.17, 15) is 14.9 Å². The molecule has 0 saturated carbocycles. The van der Waals surface area contributed by atoms with Crippen molar-refractivity contribution >= 4 is 17.3 Å². The van der Waals surface area contributed by atoms with E-state index < -0.39 is 23.5 Å². The Kier molecular flexibility index (Phi) is 3.78. The number of nitro benzene ring substituents is 1. The molecular formula is C16H23N3O4. The second-order valence-corrected chi connectivity index (χ2v) is 6.43. The van der Waals surface area contributed by atoms with Crippen LogP contribution in [0.25, 0.3) is 0 Å². The molecule has 126 valence electrons. The smallest absolute Gasteiger partial charge is 0.345 e. The molecule has 1 aliphatic rings. The van der Waals surface area contributed by atoms with Crippen LogP contribution in [0.2, 0.25) is 0 Å². The Morgan fingerprint density at radius 2 is 1.96 bits per heavy atom. The first-order chi connectivity index (χ1) is 11.9. The number of likely N-dealkylation sites (N-methyl/N-ethyl adjacent to an activating group) is 1. The Morgan fingerprint density at radius 3 is 2.48 bits per heavy atom. The van der Waals surface area contributed by atoms with Gasteiger partial charge in [0.1, 0.15) is 11.2 Å². The van der Waals surface area contributed by atoms with Gasteiger partial charge in [0.25, 0.3) is 5.69 Å². The first-order valence-corrected chi connectivity index (χ1v) is 7.40. The summed E-state index contributed by atoms with van der Waals surface area (Å²) in [4.78, 5) is 26.3. The summed E-state index contributed by atoms with van der Waals surface area (Å²) in [5.74, 6) is -0.747. The first-order valence-electron chi connectivity index (χ1n) is 8.90. The Hall–Kier alpha value is -2.15. The third-order valence-corrected chi connectivity index (χ3v) is 3.44. The molecule has 0 N–H and O–H groups in total. The van der Waals surface area contributed by atoms with Gasteiger partial charge in [0.05, 0.1) is 4.92 Å². The minimum Gasteiger partial charge on any atom is -0.456 e. The van der Waals surface area contributed by atoms with Crippen molar-refractivity contribution in [3.8, 4) is 0 Å². The molecule has 0 atom stereocenters. The number of rotatable bonds is 3. The third-order valence-electron chi connectivity index (χ3n) is 3.44. The molecule has 0 radical (unpaired) electrons. The second kappa shape index (κ2) is 6.54. The lowest BCUT2D eigenvalue weighted by atomic mass is 10.1. The number of esters is 1. The molecule has 7 nitrogen and oxygen atoms in total. The van der Waals surface area contributed by atoms with Crippen LogP contribution in [0.5, 0.6) is 0 Å². The molecule has 1 aliphatic heterocycles. The minimum absolute atomic E-state index is 0.102. The van der Waals surface area contributed by atoms with E-state index >= 15 is 0 Å². The molecule has 1 fully saturated rings. The van der Waals surface area contributed by atoms with Crippen LogP contribution in [0.1, 0.15) is 35.2 Å². The molecular weight excluding hydrogens is 298 g/mol. The summed E-state index contributed by atoms with van der Waals surface area (Å²) in [6.45, 7) is 4.46. The van der Waals surface area contributed by atoms with Gasteiger partial charge in [-0.3, -0.25) is 10.1 Å². The monoisotopic (exact) mass is 324 g/mol. The van der Waals surface area contributed by atoms with E-state index in [1.807, 2.05) is 4.90 Å². The van der Waals surface area contributed by atoms with E-state index in [1.54, 1.807) is 26.8 Å². The van der Waals surface area contributed by atoms with E-state index in [0.29, 0.717) is 31.9 Å². The van der Waals surface area contributed by atoms with Crippen molar-refractivity contribution in [2.45, 2.75) is 26.4 Å². The number of hydrogen-bond acceptors (Lipinski definition) is 6. The maximum absolute atomic E-state index is 12.2. The summed E-state index contributed by atoms with van der Waals surface area (Å²) in [6, 6.07) is 4.35. The van der Waals surface area contributed by atoms with Crippen LogP contribution in [-0.2, 0) is 4.74 Å². The largest absolute Gasteiger partial charge is 0.456 e.